The Hall–Kier alpha value is -2.11. The van der Waals surface area contributed by atoms with Crippen molar-refractivity contribution in [1.82, 2.24) is 0 Å². The maximum Gasteiger partial charge on any atom is 0.335 e. The first-order chi connectivity index (χ1) is 11.8. The highest BCUT2D eigenvalue weighted by Gasteiger charge is 2.15. The molecule has 0 bridgehead atoms. The molecule has 2 aromatic rings. The van der Waals surface area contributed by atoms with Gasteiger partial charge in [0.15, 0.2) is 11.5 Å². The van der Waals surface area contributed by atoms with E-state index in [1.54, 1.807) is 0 Å². The average Bonchev–Trinajstić information content (AvgIpc) is 2.56. The van der Waals surface area contributed by atoms with E-state index in [-0.39, 0.29) is 35.3 Å². The van der Waals surface area contributed by atoms with Crippen molar-refractivity contribution in [3.63, 3.8) is 0 Å². The van der Waals surface area contributed by atoms with Crippen molar-refractivity contribution in [2.24, 2.45) is 0 Å². The van der Waals surface area contributed by atoms with Gasteiger partial charge in [-0.1, -0.05) is 23.2 Å². The Balaban J connectivity index is 2.01. The van der Waals surface area contributed by atoms with Crippen LogP contribution in [0.5, 0.6) is 17.2 Å². The maximum absolute atomic E-state index is 11.0. The molecule has 0 heterocycles. The molecule has 0 aliphatic rings. The molecule has 0 aromatic heterocycles. The van der Waals surface area contributed by atoms with Crippen LogP contribution in [0.15, 0.2) is 24.3 Å². The van der Waals surface area contributed by atoms with Crippen LogP contribution in [0.3, 0.4) is 0 Å². The third-order valence-corrected chi connectivity index (χ3v) is 4.36. The Labute approximate surface area is 156 Å². The summed E-state index contributed by atoms with van der Waals surface area (Å²) in [7, 11) is 1.42. The summed E-state index contributed by atoms with van der Waals surface area (Å²) in [6.07, 6.45) is 0. The zero-order chi connectivity index (χ0) is 18.6. The quantitative estimate of drug-likeness (QED) is 0.696. The smallest absolute Gasteiger partial charge is 0.335 e. The summed E-state index contributed by atoms with van der Waals surface area (Å²) in [4.78, 5) is 11.0. The van der Waals surface area contributed by atoms with Crippen molar-refractivity contribution in [1.29, 1.82) is 0 Å². The molecule has 1 N–H and O–H groups in total. The summed E-state index contributed by atoms with van der Waals surface area (Å²) in [5.74, 6) is 0.134. The van der Waals surface area contributed by atoms with Crippen molar-refractivity contribution in [2.45, 2.75) is 13.8 Å². The van der Waals surface area contributed by atoms with Crippen molar-refractivity contribution >= 4 is 29.2 Å². The van der Waals surface area contributed by atoms with Crippen molar-refractivity contribution < 1.29 is 24.1 Å². The Morgan fingerprint density at radius 2 is 1.64 bits per heavy atom. The van der Waals surface area contributed by atoms with Gasteiger partial charge in [0, 0.05) is 5.02 Å². The van der Waals surface area contributed by atoms with Gasteiger partial charge >= 0.3 is 5.97 Å². The van der Waals surface area contributed by atoms with Gasteiger partial charge < -0.3 is 19.3 Å². The summed E-state index contributed by atoms with van der Waals surface area (Å²) in [6, 6.07) is 6.37. The highest BCUT2D eigenvalue weighted by molar-refractivity contribution is 6.32. The number of halogens is 2. The lowest BCUT2D eigenvalue weighted by molar-refractivity contribution is 0.0696. The lowest BCUT2D eigenvalue weighted by Gasteiger charge is -2.14. The van der Waals surface area contributed by atoms with Gasteiger partial charge in [-0.15, -0.1) is 0 Å². The fourth-order valence-corrected chi connectivity index (χ4v) is 2.65. The molecule has 0 radical (unpaired) electrons. The van der Waals surface area contributed by atoms with Crippen molar-refractivity contribution in [2.75, 3.05) is 20.3 Å². The number of carbonyl (C=O) groups is 1. The molecule has 134 valence electrons. The highest BCUT2D eigenvalue weighted by Crippen LogP contribution is 2.36. The predicted molar refractivity (Wildman–Crippen MR) is 96.9 cm³/mol. The van der Waals surface area contributed by atoms with Crippen LogP contribution in [-0.2, 0) is 0 Å². The Bertz CT molecular complexity index is 766. The number of methoxy groups -OCH3 is 1. The molecular weight excluding hydrogens is 367 g/mol. The molecular formula is C18H18Cl2O5. The molecule has 2 aromatic carbocycles. The second kappa shape index (κ2) is 8.32. The first-order valence-corrected chi connectivity index (χ1v) is 8.22. The monoisotopic (exact) mass is 384 g/mol. The van der Waals surface area contributed by atoms with Crippen LogP contribution >= 0.6 is 23.2 Å². The van der Waals surface area contributed by atoms with Crippen LogP contribution < -0.4 is 14.2 Å². The molecule has 0 fully saturated rings. The second-order valence-electron chi connectivity index (χ2n) is 5.36. The summed E-state index contributed by atoms with van der Waals surface area (Å²) >= 11 is 12.2. The van der Waals surface area contributed by atoms with E-state index in [1.165, 1.54) is 19.2 Å². The van der Waals surface area contributed by atoms with E-state index >= 15 is 0 Å². The van der Waals surface area contributed by atoms with Gasteiger partial charge in [-0.05, 0) is 49.2 Å². The van der Waals surface area contributed by atoms with Crippen LogP contribution in [0, 0.1) is 13.8 Å². The molecule has 0 aliphatic carbocycles. The molecule has 0 saturated heterocycles. The predicted octanol–water partition coefficient (Wildman–Crippen LogP) is 4.77. The summed E-state index contributed by atoms with van der Waals surface area (Å²) in [6.45, 7) is 4.31. The number of aromatic carboxylic acids is 1. The van der Waals surface area contributed by atoms with Crippen molar-refractivity contribution in [3.05, 3.63) is 51.0 Å². The first kappa shape index (κ1) is 19.2. The number of carboxylic acids is 1. The zero-order valence-electron chi connectivity index (χ0n) is 14.1. The number of hydrogen-bond donors (Lipinski definition) is 1. The van der Waals surface area contributed by atoms with Gasteiger partial charge in [-0.2, -0.15) is 0 Å². The van der Waals surface area contributed by atoms with E-state index in [0.29, 0.717) is 5.75 Å². The number of benzene rings is 2. The molecule has 7 heteroatoms. The number of ether oxygens (including phenoxy) is 3. The zero-order valence-corrected chi connectivity index (χ0v) is 15.6. The van der Waals surface area contributed by atoms with Crippen LogP contribution in [0.4, 0.5) is 0 Å². The second-order valence-corrected chi connectivity index (χ2v) is 6.15. The number of aryl methyl sites for hydroxylation is 2. The minimum atomic E-state index is -1.09. The molecule has 5 nitrogen and oxygen atoms in total. The molecule has 0 atom stereocenters. The van der Waals surface area contributed by atoms with Crippen LogP contribution in [0.1, 0.15) is 21.5 Å². The van der Waals surface area contributed by atoms with Gasteiger partial charge in [0.05, 0.1) is 17.7 Å². The van der Waals surface area contributed by atoms with Crippen LogP contribution in [0.25, 0.3) is 0 Å². The standard InChI is InChI=1S/C18H18Cl2O5/c1-10-6-13(7-11(2)16(10)20)24-4-5-25-17-14(19)8-12(18(21)22)9-15(17)23-3/h6-9H,4-5H2,1-3H3,(H,21,22). The molecule has 0 unspecified atom stereocenters. The molecule has 0 aliphatic heterocycles. The molecule has 0 saturated carbocycles. The van der Waals surface area contributed by atoms with Gasteiger partial charge in [0.25, 0.3) is 0 Å². The fraction of sp³-hybridized carbons (Fsp3) is 0.278. The third-order valence-electron chi connectivity index (χ3n) is 3.48. The van der Waals surface area contributed by atoms with Gasteiger partial charge in [-0.25, -0.2) is 4.79 Å². The summed E-state index contributed by atoms with van der Waals surface area (Å²) in [5, 5.41) is 9.92. The first-order valence-electron chi connectivity index (χ1n) is 7.46. The van der Waals surface area contributed by atoms with Crippen LogP contribution in [-0.4, -0.2) is 31.4 Å². The Kier molecular flexibility index (Phi) is 6.39. The fourth-order valence-electron chi connectivity index (χ4n) is 2.28. The minimum absolute atomic E-state index is 0.0255. The van der Waals surface area contributed by atoms with Gasteiger partial charge in [-0.3, -0.25) is 0 Å². The number of rotatable bonds is 7. The third kappa shape index (κ3) is 4.71. The summed E-state index contributed by atoms with van der Waals surface area (Å²) < 4.78 is 16.4. The molecule has 0 amide bonds. The molecule has 0 spiro atoms. The van der Waals surface area contributed by atoms with Gasteiger partial charge in [0.2, 0.25) is 0 Å². The van der Waals surface area contributed by atoms with E-state index in [2.05, 4.69) is 0 Å². The number of hydrogen-bond acceptors (Lipinski definition) is 4. The minimum Gasteiger partial charge on any atom is -0.493 e. The maximum atomic E-state index is 11.0. The molecule has 2 rings (SSSR count). The lowest BCUT2D eigenvalue weighted by atomic mass is 10.1. The van der Waals surface area contributed by atoms with Crippen LogP contribution in [0.2, 0.25) is 10.0 Å². The number of carboxylic acid groups (broad SMARTS) is 1. The normalized spacial score (nSPS) is 10.4. The highest BCUT2D eigenvalue weighted by atomic mass is 35.5. The van der Waals surface area contributed by atoms with E-state index in [4.69, 9.17) is 42.5 Å². The lowest BCUT2D eigenvalue weighted by Crippen LogP contribution is -2.10. The van der Waals surface area contributed by atoms with E-state index in [0.717, 1.165) is 16.1 Å². The van der Waals surface area contributed by atoms with E-state index < -0.39 is 5.97 Å². The van der Waals surface area contributed by atoms with Gasteiger partial charge in [0.1, 0.15) is 19.0 Å². The average molecular weight is 385 g/mol. The van der Waals surface area contributed by atoms with E-state index in [9.17, 15) is 4.79 Å². The summed E-state index contributed by atoms with van der Waals surface area (Å²) in [5.41, 5.74) is 1.90. The SMILES string of the molecule is COc1cc(C(=O)O)cc(Cl)c1OCCOc1cc(C)c(Cl)c(C)c1. The Morgan fingerprint density at radius 1 is 1.04 bits per heavy atom. The largest absolute Gasteiger partial charge is 0.493 e. The van der Waals surface area contributed by atoms with E-state index in [1.807, 2.05) is 26.0 Å². The molecule has 25 heavy (non-hydrogen) atoms. The topological polar surface area (TPSA) is 65.0 Å². The Morgan fingerprint density at radius 3 is 2.20 bits per heavy atom. The van der Waals surface area contributed by atoms with Crippen molar-refractivity contribution in [3.8, 4) is 17.2 Å².